The van der Waals surface area contributed by atoms with Crippen LogP contribution in [0.15, 0.2) is 54.6 Å². The van der Waals surface area contributed by atoms with Crippen LogP contribution in [0.2, 0.25) is 0 Å². The summed E-state index contributed by atoms with van der Waals surface area (Å²) in [5.41, 5.74) is -0.0603. The minimum absolute atomic E-state index is 0.0542. The summed E-state index contributed by atoms with van der Waals surface area (Å²) >= 11 is 3.07. The smallest absolute Gasteiger partial charge is 0.315 e. The number of thioether (sulfide) groups is 2. The van der Waals surface area contributed by atoms with Crippen molar-refractivity contribution in [2.75, 3.05) is 24.4 Å². The number of benzene rings is 2. The summed E-state index contributed by atoms with van der Waals surface area (Å²) in [6.45, 7) is 1.75. The molecule has 1 fully saturated rings. The Morgan fingerprint density at radius 2 is 1.97 bits per heavy atom. The van der Waals surface area contributed by atoms with E-state index in [0.717, 1.165) is 34.3 Å². The lowest BCUT2D eigenvalue weighted by atomic mass is 9.92. The van der Waals surface area contributed by atoms with Crippen LogP contribution >= 0.6 is 23.5 Å². The van der Waals surface area contributed by atoms with Gasteiger partial charge >= 0.3 is 5.97 Å². The predicted molar refractivity (Wildman–Crippen MR) is 137 cm³/mol. The molecule has 1 aliphatic rings. The SMILES string of the molecule is COC(=O)CSCCCS[C@H]1C(=O)C[C@@H](O)[C@@H]1/C=C/C(C)(O)Cc1ccc2ccccc2c1. The van der Waals surface area contributed by atoms with Gasteiger partial charge in [-0.15, -0.1) is 11.8 Å². The third-order valence-corrected chi connectivity index (χ3v) is 8.23. The summed E-state index contributed by atoms with van der Waals surface area (Å²) in [5, 5.41) is 23.4. The van der Waals surface area contributed by atoms with Crippen molar-refractivity contribution in [3.8, 4) is 0 Å². The highest BCUT2D eigenvalue weighted by atomic mass is 32.2. The van der Waals surface area contributed by atoms with Gasteiger partial charge in [0.15, 0.2) is 0 Å². The normalized spacial score (nSPS) is 22.7. The minimum atomic E-state index is -1.09. The number of rotatable bonds is 11. The second-order valence-corrected chi connectivity index (χ2v) is 11.0. The van der Waals surface area contributed by atoms with Crippen molar-refractivity contribution < 1.29 is 24.5 Å². The van der Waals surface area contributed by atoms with Crippen molar-refractivity contribution >= 4 is 46.0 Å². The monoisotopic (exact) mass is 488 g/mol. The number of methoxy groups -OCH3 is 1. The van der Waals surface area contributed by atoms with Crippen LogP contribution in [0.3, 0.4) is 0 Å². The Kier molecular flexibility index (Phi) is 9.44. The first kappa shape index (κ1) is 25.8. The molecule has 1 unspecified atom stereocenters. The van der Waals surface area contributed by atoms with Crippen molar-refractivity contribution in [2.45, 2.75) is 43.1 Å². The molecule has 0 aliphatic heterocycles. The first-order valence-electron chi connectivity index (χ1n) is 11.2. The molecule has 2 aromatic carbocycles. The Morgan fingerprint density at radius 1 is 1.21 bits per heavy atom. The zero-order valence-electron chi connectivity index (χ0n) is 19.1. The molecule has 178 valence electrons. The number of esters is 1. The van der Waals surface area contributed by atoms with Crippen LogP contribution in [0.1, 0.15) is 25.3 Å². The van der Waals surface area contributed by atoms with E-state index >= 15 is 0 Å². The van der Waals surface area contributed by atoms with E-state index < -0.39 is 11.7 Å². The first-order chi connectivity index (χ1) is 15.8. The van der Waals surface area contributed by atoms with Gasteiger partial charge in [-0.25, -0.2) is 0 Å². The van der Waals surface area contributed by atoms with E-state index in [-0.39, 0.29) is 29.3 Å². The quantitative estimate of drug-likeness (QED) is 0.281. The predicted octanol–water partition coefficient (Wildman–Crippen LogP) is 4.04. The summed E-state index contributed by atoms with van der Waals surface area (Å²) in [6, 6.07) is 14.3. The topological polar surface area (TPSA) is 83.8 Å². The van der Waals surface area contributed by atoms with E-state index in [1.165, 1.54) is 18.9 Å². The fraction of sp³-hybridized carbons (Fsp3) is 0.462. The van der Waals surface area contributed by atoms with Crippen molar-refractivity contribution in [3.05, 3.63) is 60.2 Å². The zero-order chi connectivity index (χ0) is 23.8. The molecule has 1 saturated carbocycles. The minimum Gasteiger partial charge on any atom is -0.468 e. The molecular formula is C26H32O5S2. The third-order valence-electron chi connectivity index (χ3n) is 5.75. The summed E-state index contributed by atoms with van der Waals surface area (Å²) in [6.07, 6.45) is 4.28. The first-order valence-corrected chi connectivity index (χ1v) is 13.4. The Hall–Kier alpha value is -1.80. The van der Waals surface area contributed by atoms with Crippen LogP contribution in [-0.2, 0) is 20.7 Å². The zero-order valence-corrected chi connectivity index (χ0v) is 20.7. The molecule has 0 amide bonds. The molecule has 0 bridgehead atoms. The van der Waals surface area contributed by atoms with E-state index in [2.05, 4.69) is 29.0 Å². The number of aliphatic hydroxyl groups excluding tert-OH is 1. The Labute approximate surface area is 204 Å². The molecule has 4 atom stereocenters. The van der Waals surface area contributed by atoms with E-state index in [4.69, 9.17) is 0 Å². The van der Waals surface area contributed by atoms with Gasteiger partial charge in [0.2, 0.25) is 0 Å². The maximum absolute atomic E-state index is 12.4. The fourth-order valence-electron chi connectivity index (χ4n) is 4.03. The van der Waals surface area contributed by atoms with Crippen molar-refractivity contribution in [1.29, 1.82) is 0 Å². The second-order valence-electron chi connectivity index (χ2n) is 8.66. The van der Waals surface area contributed by atoms with E-state index in [1.807, 2.05) is 24.3 Å². The van der Waals surface area contributed by atoms with Gasteiger partial charge in [-0.2, -0.15) is 11.8 Å². The molecule has 3 rings (SSSR count). The van der Waals surface area contributed by atoms with Gasteiger partial charge in [0.25, 0.3) is 0 Å². The summed E-state index contributed by atoms with van der Waals surface area (Å²) < 4.78 is 4.62. The van der Waals surface area contributed by atoms with Gasteiger partial charge in [-0.3, -0.25) is 9.59 Å². The molecule has 5 nitrogen and oxygen atoms in total. The van der Waals surface area contributed by atoms with Crippen molar-refractivity contribution in [2.24, 2.45) is 5.92 Å². The number of carbonyl (C=O) groups is 2. The largest absolute Gasteiger partial charge is 0.468 e. The second kappa shape index (κ2) is 12.1. The number of ketones is 1. The van der Waals surface area contributed by atoms with Gasteiger partial charge in [0.05, 0.1) is 29.8 Å². The number of hydrogen-bond donors (Lipinski definition) is 2. The summed E-state index contributed by atoms with van der Waals surface area (Å²) in [7, 11) is 1.38. The van der Waals surface area contributed by atoms with Crippen LogP contribution in [-0.4, -0.2) is 63.3 Å². The van der Waals surface area contributed by atoms with Crippen LogP contribution in [0.5, 0.6) is 0 Å². The summed E-state index contributed by atoms with van der Waals surface area (Å²) in [5.74, 6) is 1.43. The third kappa shape index (κ3) is 7.60. The number of Topliss-reactive ketones (excluding diaryl/α,β-unsaturated/α-hetero) is 1. The lowest BCUT2D eigenvalue weighted by Crippen LogP contribution is -2.27. The maximum Gasteiger partial charge on any atom is 0.315 e. The molecule has 7 heteroatoms. The molecule has 2 aromatic rings. The average Bonchev–Trinajstić information content (AvgIpc) is 3.06. The molecule has 33 heavy (non-hydrogen) atoms. The molecule has 1 aliphatic carbocycles. The van der Waals surface area contributed by atoms with E-state index in [9.17, 15) is 19.8 Å². The molecule has 0 radical (unpaired) electrons. The number of aliphatic hydroxyl groups is 2. The Balaban J connectivity index is 1.55. The van der Waals surface area contributed by atoms with Crippen molar-refractivity contribution in [3.63, 3.8) is 0 Å². The highest BCUT2D eigenvalue weighted by Crippen LogP contribution is 2.35. The lowest BCUT2D eigenvalue weighted by molar-refractivity contribution is -0.137. The lowest BCUT2D eigenvalue weighted by Gasteiger charge is -2.22. The van der Waals surface area contributed by atoms with Gasteiger partial charge in [0.1, 0.15) is 5.78 Å². The molecule has 0 saturated heterocycles. The number of ether oxygens (including phenoxy) is 1. The van der Waals surface area contributed by atoms with E-state index in [0.29, 0.717) is 12.2 Å². The fourth-order valence-corrected chi connectivity index (χ4v) is 6.33. The molecule has 0 heterocycles. The van der Waals surface area contributed by atoms with Crippen molar-refractivity contribution in [1.82, 2.24) is 0 Å². The van der Waals surface area contributed by atoms with Gasteiger partial charge in [-0.1, -0.05) is 54.6 Å². The highest BCUT2D eigenvalue weighted by molar-refractivity contribution is 8.01. The van der Waals surface area contributed by atoms with Crippen LogP contribution in [0, 0.1) is 5.92 Å². The maximum atomic E-state index is 12.4. The molecule has 2 N–H and O–H groups in total. The standard InChI is InChI=1S/C26H32O5S2/c1-26(30,16-18-8-9-19-6-3-4-7-20(19)14-18)11-10-21-22(27)15-23(28)25(21)33-13-5-12-32-17-24(29)31-2/h3-4,6-11,14,21-22,25,27,30H,5,12-13,15-17H2,1-2H3/b11-10+/t21-,22+,25+,26?/m0/s1. The van der Waals surface area contributed by atoms with Gasteiger partial charge in [0, 0.05) is 18.8 Å². The van der Waals surface area contributed by atoms with Gasteiger partial charge < -0.3 is 14.9 Å². The highest BCUT2D eigenvalue weighted by Gasteiger charge is 2.40. The van der Waals surface area contributed by atoms with E-state index in [1.54, 1.807) is 24.8 Å². The molecule has 0 aromatic heterocycles. The molecule has 0 spiro atoms. The number of hydrogen-bond acceptors (Lipinski definition) is 7. The summed E-state index contributed by atoms with van der Waals surface area (Å²) in [4.78, 5) is 23.6. The van der Waals surface area contributed by atoms with Crippen LogP contribution in [0.25, 0.3) is 10.8 Å². The Morgan fingerprint density at radius 3 is 2.73 bits per heavy atom. The Bertz CT molecular complexity index is 988. The van der Waals surface area contributed by atoms with Crippen LogP contribution < -0.4 is 0 Å². The van der Waals surface area contributed by atoms with Crippen LogP contribution in [0.4, 0.5) is 0 Å². The number of carbonyl (C=O) groups excluding carboxylic acids is 2. The van der Waals surface area contributed by atoms with Gasteiger partial charge in [-0.05, 0) is 41.2 Å². The molecular weight excluding hydrogens is 456 g/mol. The number of fused-ring (bicyclic) bond motifs is 1. The average molecular weight is 489 g/mol.